The van der Waals surface area contributed by atoms with Crippen molar-refractivity contribution in [3.05, 3.63) is 59.7 Å². The second kappa shape index (κ2) is 9.01. The van der Waals surface area contributed by atoms with Crippen LogP contribution in [0, 0.1) is 0 Å². The third kappa shape index (κ3) is 5.55. The smallest absolute Gasteiger partial charge is 0.255 e. The number of ether oxygens (including phenoxy) is 1. The molecule has 0 aliphatic carbocycles. The van der Waals surface area contributed by atoms with E-state index >= 15 is 0 Å². The zero-order valence-corrected chi connectivity index (χ0v) is 16.8. The molecule has 0 aliphatic heterocycles. The van der Waals surface area contributed by atoms with Gasteiger partial charge in [-0.15, -0.1) is 0 Å². The quantitative estimate of drug-likeness (QED) is 0.726. The second-order valence-corrected chi connectivity index (χ2v) is 8.42. The summed E-state index contributed by atoms with van der Waals surface area (Å²) in [4.78, 5) is 12.4. The first-order valence-corrected chi connectivity index (χ1v) is 10.3. The normalized spacial score (nSPS) is 12.6. The molecular formula is C20H26N2O4S. The highest BCUT2D eigenvalue weighted by Crippen LogP contribution is 2.23. The standard InChI is InChI=1S/C20H26N2O4S/c1-14(2)22-20(23)18-12-17(10-11-19(18)26-4)27(24,25)21-13-15(3)16-8-6-5-7-9-16/h5-12,14-15,21H,13H2,1-4H3,(H,22,23)/t15-/m1/s1. The number of methoxy groups -OCH3 is 1. The van der Waals surface area contributed by atoms with Crippen LogP contribution in [0.5, 0.6) is 5.75 Å². The Bertz CT molecular complexity index is 880. The number of sulfonamides is 1. The monoisotopic (exact) mass is 390 g/mol. The van der Waals surface area contributed by atoms with Crippen LogP contribution in [0.25, 0.3) is 0 Å². The van der Waals surface area contributed by atoms with Crippen molar-refractivity contribution in [1.82, 2.24) is 10.0 Å². The number of hydrogen-bond acceptors (Lipinski definition) is 4. The molecule has 1 atom stereocenters. The van der Waals surface area contributed by atoms with Crippen molar-refractivity contribution in [2.75, 3.05) is 13.7 Å². The van der Waals surface area contributed by atoms with Crippen LogP contribution in [0.4, 0.5) is 0 Å². The lowest BCUT2D eigenvalue weighted by Gasteiger charge is -2.15. The minimum Gasteiger partial charge on any atom is -0.496 e. The van der Waals surface area contributed by atoms with E-state index in [1.807, 2.05) is 51.1 Å². The number of carbonyl (C=O) groups excluding carboxylic acids is 1. The number of nitrogens with one attached hydrogen (secondary N) is 2. The molecule has 2 N–H and O–H groups in total. The Hall–Kier alpha value is -2.38. The minimum absolute atomic E-state index is 0.0166. The van der Waals surface area contributed by atoms with Gasteiger partial charge in [0.25, 0.3) is 5.91 Å². The third-order valence-electron chi connectivity index (χ3n) is 4.09. The largest absolute Gasteiger partial charge is 0.496 e. The molecule has 0 radical (unpaired) electrons. The van der Waals surface area contributed by atoms with Crippen molar-refractivity contribution in [2.45, 2.75) is 37.6 Å². The van der Waals surface area contributed by atoms with Crippen molar-refractivity contribution >= 4 is 15.9 Å². The molecule has 6 nitrogen and oxygen atoms in total. The van der Waals surface area contributed by atoms with Crippen LogP contribution in [-0.4, -0.2) is 34.0 Å². The molecule has 7 heteroatoms. The molecule has 146 valence electrons. The Morgan fingerprint density at radius 2 is 1.74 bits per heavy atom. The molecule has 0 unspecified atom stereocenters. The molecule has 0 saturated heterocycles. The number of hydrogen-bond donors (Lipinski definition) is 2. The molecule has 0 spiro atoms. The summed E-state index contributed by atoms with van der Waals surface area (Å²) in [6.07, 6.45) is 0. The van der Waals surface area contributed by atoms with E-state index < -0.39 is 10.0 Å². The molecule has 0 aliphatic rings. The lowest BCUT2D eigenvalue weighted by atomic mass is 10.0. The summed E-state index contributed by atoms with van der Waals surface area (Å²) < 4.78 is 33.2. The van der Waals surface area contributed by atoms with E-state index in [1.54, 1.807) is 0 Å². The fraction of sp³-hybridized carbons (Fsp3) is 0.350. The van der Waals surface area contributed by atoms with Crippen molar-refractivity contribution in [3.63, 3.8) is 0 Å². The van der Waals surface area contributed by atoms with E-state index in [2.05, 4.69) is 10.0 Å². The molecule has 2 aromatic carbocycles. The number of benzene rings is 2. The van der Waals surface area contributed by atoms with E-state index in [9.17, 15) is 13.2 Å². The highest BCUT2D eigenvalue weighted by molar-refractivity contribution is 7.89. The van der Waals surface area contributed by atoms with Crippen molar-refractivity contribution < 1.29 is 17.9 Å². The van der Waals surface area contributed by atoms with E-state index in [0.717, 1.165) is 5.56 Å². The molecular weight excluding hydrogens is 364 g/mol. The van der Waals surface area contributed by atoms with E-state index in [4.69, 9.17) is 4.74 Å². The highest BCUT2D eigenvalue weighted by Gasteiger charge is 2.21. The van der Waals surface area contributed by atoms with Crippen LogP contribution < -0.4 is 14.8 Å². The maximum absolute atomic E-state index is 12.7. The summed E-state index contributed by atoms with van der Waals surface area (Å²) in [5.74, 6) is -0.0377. The number of rotatable bonds is 8. The van der Waals surface area contributed by atoms with Crippen LogP contribution in [0.3, 0.4) is 0 Å². The number of amides is 1. The summed E-state index contributed by atoms with van der Waals surface area (Å²) >= 11 is 0. The molecule has 0 fully saturated rings. The zero-order valence-electron chi connectivity index (χ0n) is 16.0. The van der Waals surface area contributed by atoms with E-state index in [0.29, 0.717) is 5.75 Å². The van der Waals surface area contributed by atoms with Crippen molar-refractivity contribution in [2.24, 2.45) is 0 Å². The van der Waals surface area contributed by atoms with Crippen LogP contribution in [0.1, 0.15) is 42.6 Å². The SMILES string of the molecule is COc1ccc(S(=O)(=O)NC[C@@H](C)c2ccccc2)cc1C(=O)NC(C)C. The lowest BCUT2D eigenvalue weighted by Crippen LogP contribution is -2.31. The first-order valence-electron chi connectivity index (χ1n) is 8.78. The van der Waals surface area contributed by atoms with Gasteiger partial charge in [0.1, 0.15) is 5.75 Å². The molecule has 27 heavy (non-hydrogen) atoms. The first kappa shape index (κ1) is 20.9. The third-order valence-corrected chi connectivity index (χ3v) is 5.52. The maximum Gasteiger partial charge on any atom is 0.255 e. The van der Waals surface area contributed by atoms with Gasteiger partial charge in [-0.25, -0.2) is 13.1 Å². The van der Waals surface area contributed by atoms with Gasteiger partial charge in [0, 0.05) is 12.6 Å². The van der Waals surface area contributed by atoms with Crippen LogP contribution in [-0.2, 0) is 10.0 Å². The minimum atomic E-state index is -3.76. The van der Waals surface area contributed by atoms with E-state index in [-0.39, 0.29) is 34.9 Å². The van der Waals surface area contributed by atoms with Gasteiger partial charge in [-0.05, 0) is 43.5 Å². The van der Waals surface area contributed by atoms with Crippen LogP contribution in [0.2, 0.25) is 0 Å². The van der Waals surface area contributed by atoms with Gasteiger partial charge in [0.05, 0.1) is 17.6 Å². The maximum atomic E-state index is 12.7. The summed E-state index contributed by atoms with van der Waals surface area (Å²) in [6.45, 7) is 5.87. The van der Waals surface area contributed by atoms with Gasteiger partial charge in [0.2, 0.25) is 10.0 Å². The average Bonchev–Trinajstić information content (AvgIpc) is 2.65. The summed E-state index contributed by atoms with van der Waals surface area (Å²) in [5.41, 5.74) is 1.23. The molecule has 0 bridgehead atoms. The molecule has 2 rings (SSSR count). The first-order chi connectivity index (χ1) is 12.7. The molecule has 0 saturated carbocycles. The predicted octanol–water partition coefficient (Wildman–Crippen LogP) is 2.92. The molecule has 0 aromatic heterocycles. The molecule has 0 heterocycles. The Morgan fingerprint density at radius 1 is 1.07 bits per heavy atom. The fourth-order valence-electron chi connectivity index (χ4n) is 2.59. The second-order valence-electron chi connectivity index (χ2n) is 6.65. The Labute approximate surface area is 161 Å². The molecule has 2 aromatic rings. The van der Waals surface area contributed by atoms with Gasteiger partial charge in [0.15, 0.2) is 0 Å². The summed E-state index contributed by atoms with van der Waals surface area (Å²) in [6, 6.07) is 13.9. The van der Waals surface area contributed by atoms with Gasteiger partial charge in [-0.1, -0.05) is 37.3 Å². The zero-order chi connectivity index (χ0) is 20.0. The Kier molecular flexibility index (Phi) is 6.98. The van der Waals surface area contributed by atoms with E-state index in [1.165, 1.54) is 25.3 Å². The fourth-order valence-corrected chi connectivity index (χ4v) is 3.75. The van der Waals surface area contributed by atoms with Crippen molar-refractivity contribution in [1.29, 1.82) is 0 Å². The summed E-state index contributed by atoms with van der Waals surface area (Å²) in [5, 5.41) is 2.75. The topological polar surface area (TPSA) is 84.5 Å². The van der Waals surface area contributed by atoms with Crippen LogP contribution in [0.15, 0.2) is 53.4 Å². The van der Waals surface area contributed by atoms with Gasteiger partial charge in [-0.3, -0.25) is 4.79 Å². The predicted molar refractivity (Wildman–Crippen MR) is 106 cm³/mol. The van der Waals surface area contributed by atoms with Gasteiger partial charge < -0.3 is 10.1 Å². The van der Waals surface area contributed by atoms with Crippen LogP contribution >= 0.6 is 0 Å². The van der Waals surface area contributed by atoms with Gasteiger partial charge >= 0.3 is 0 Å². The van der Waals surface area contributed by atoms with Crippen molar-refractivity contribution in [3.8, 4) is 5.75 Å². The molecule has 1 amide bonds. The Balaban J connectivity index is 2.21. The average molecular weight is 391 g/mol. The lowest BCUT2D eigenvalue weighted by molar-refractivity contribution is 0.0940. The number of carbonyl (C=O) groups is 1. The highest BCUT2D eigenvalue weighted by atomic mass is 32.2. The summed E-state index contributed by atoms with van der Waals surface area (Å²) in [7, 11) is -2.32. The Morgan fingerprint density at radius 3 is 2.33 bits per heavy atom. The van der Waals surface area contributed by atoms with Gasteiger partial charge in [-0.2, -0.15) is 0 Å².